The van der Waals surface area contributed by atoms with Crippen LogP contribution in [-0.4, -0.2) is 25.4 Å². The SMILES string of the molecule is CC(C)[C@@H](C(=O)Nc1nc2ccccc2[nH]1)n1cnc2ccccc2c1=O. The van der Waals surface area contributed by atoms with Crippen molar-refractivity contribution in [3.63, 3.8) is 0 Å². The Labute approximate surface area is 155 Å². The summed E-state index contributed by atoms with van der Waals surface area (Å²) in [5.74, 6) is -0.0769. The zero-order valence-electron chi connectivity index (χ0n) is 15.0. The lowest BCUT2D eigenvalue weighted by Gasteiger charge is -2.22. The van der Waals surface area contributed by atoms with Gasteiger partial charge in [0.2, 0.25) is 11.9 Å². The van der Waals surface area contributed by atoms with E-state index < -0.39 is 6.04 Å². The van der Waals surface area contributed by atoms with Crippen LogP contribution >= 0.6 is 0 Å². The third kappa shape index (κ3) is 3.08. The summed E-state index contributed by atoms with van der Waals surface area (Å²) in [6.07, 6.45) is 1.44. The van der Waals surface area contributed by atoms with E-state index in [0.29, 0.717) is 16.9 Å². The number of aromatic nitrogens is 4. The maximum absolute atomic E-state index is 13.0. The number of hydrogen-bond acceptors (Lipinski definition) is 4. The molecule has 1 amide bonds. The van der Waals surface area contributed by atoms with E-state index >= 15 is 0 Å². The van der Waals surface area contributed by atoms with Crippen LogP contribution in [0.5, 0.6) is 0 Å². The second-order valence-corrected chi connectivity index (χ2v) is 6.75. The van der Waals surface area contributed by atoms with Gasteiger partial charge in [-0.3, -0.25) is 19.5 Å². The molecule has 0 aliphatic rings. The molecular weight excluding hydrogens is 342 g/mol. The van der Waals surface area contributed by atoms with Crippen LogP contribution in [0.1, 0.15) is 19.9 Å². The lowest BCUT2D eigenvalue weighted by atomic mass is 10.0. The highest BCUT2D eigenvalue weighted by atomic mass is 16.2. The molecule has 0 aliphatic carbocycles. The van der Waals surface area contributed by atoms with Crippen molar-refractivity contribution in [3.05, 3.63) is 65.2 Å². The van der Waals surface area contributed by atoms with Crippen LogP contribution in [0.15, 0.2) is 59.7 Å². The second-order valence-electron chi connectivity index (χ2n) is 6.75. The number of aromatic amines is 1. The van der Waals surface area contributed by atoms with E-state index in [1.165, 1.54) is 10.9 Å². The molecule has 2 aromatic carbocycles. The van der Waals surface area contributed by atoms with Gasteiger partial charge in [0.1, 0.15) is 6.04 Å². The molecule has 1 atom stereocenters. The van der Waals surface area contributed by atoms with Gasteiger partial charge in [-0.05, 0) is 30.2 Å². The van der Waals surface area contributed by atoms with Crippen molar-refractivity contribution in [2.24, 2.45) is 5.92 Å². The molecular formula is C20H19N5O2. The Bertz CT molecular complexity index is 1160. The van der Waals surface area contributed by atoms with Crippen LogP contribution in [0, 0.1) is 5.92 Å². The fourth-order valence-electron chi connectivity index (χ4n) is 3.23. The molecule has 0 saturated heterocycles. The molecule has 4 rings (SSSR count). The molecule has 0 saturated carbocycles. The minimum atomic E-state index is -0.706. The number of fused-ring (bicyclic) bond motifs is 2. The first kappa shape index (κ1) is 17.0. The standard InChI is InChI=1S/C20H19N5O2/c1-12(2)17(25-11-21-14-8-4-3-7-13(14)19(25)27)18(26)24-20-22-15-9-5-6-10-16(15)23-20/h3-12,17H,1-2H3,(H2,22,23,24,26)/t17-/m0/s1. The zero-order valence-corrected chi connectivity index (χ0v) is 15.0. The Morgan fingerprint density at radius 3 is 2.52 bits per heavy atom. The Balaban J connectivity index is 1.71. The van der Waals surface area contributed by atoms with Gasteiger partial charge in [-0.25, -0.2) is 9.97 Å². The number of H-pyrrole nitrogens is 1. The van der Waals surface area contributed by atoms with Crippen LogP contribution in [0.3, 0.4) is 0 Å². The quantitative estimate of drug-likeness (QED) is 0.584. The number of carbonyl (C=O) groups is 1. The van der Waals surface area contributed by atoms with Crippen molar-refractivity contribution in [1.29, 1.82) is 0 Å². The molecule has 2 heterocycles. The molecule has 0 fully saturated rings. The molecule has 0 spiro atoms. The van der Waals surface area contributed by atoms with E-state index in [1.54, 1.807) is 18.2 Å². The Kier molecular flexibility index (Phi) is 4.19. The summed E-state index contributed by atoms with van der Waals surface area (Å²) in [5, 5.41) is 3.28. The number of carbonyl (C=O) groups excluding carboxylic acids is 1. The maximum Gasteiger partial charge on any atom is 0.261 e. The van der Waals surface area contributed by atoms with Gasteiger partial charge >= 0.3 is 0 Å². The number of rotatable bonds is 4. The van der Waals surface area contributed by atoms with Gasteiger partial charge in [-0.2, -0.15) is 0 Å². The Morgan fingerprint density at radius 1 is 1.07 bits per heavy atom. The van der Waals surface area contributed by atoms with Crippen molar-refractivity contribution in [2.75, 3.05) is 5.32 Å². The highest BCUT2D eigenvalue weighted by Gasteiger charge is 2.26. The fraction of sp³-hybridized carbons (Fsp3) is 0.200. The van der Waals surface area contributed by atoms with E-state index in [2.05, 4.69) is 20.3 Å². The molecule has 0 bridgehead atoms. The molecule has 0 radical (unpaired) electrons. The van der Waals surface area contributed by atoms with Gasteiger partial charge < -0.3 is 4.98 Å². The van der Waals surface area contributed by atoms with Crippen LogP contribution in [0.25, 0.3) is 21.9 Å². The number of nitrogens with one attached hydrogen (secondary N) is 2. The number of para-hydroxylation sites is 3. The predicted molar refractivity (Wildman–Crippen MR) is 105 cm³/mol. The maximum atomic E-state index is 13.0. The molecule has 7 nitrogen and oxygen atoms in total. The Morgan fingerprint density at radius 2 is 1.78 bits per heavy atom. The molecule has 4 aromatic rings. The van der Waals surface area contributed by atoms with E-state index in [1.807, 2.05) is 44.2 Å². The normalized spacial score (nSPS) is 12.6. The number of benzene rings is 2. The summed E-state index contributed by atoms with van der Waals surface area (Å²) < 4.78 is 1.39. The summed E-state index contributed by atoms with van der Waals surface area (Å²) in [7, 11) is 0. The number of nitrogens with zero attached hydrogens (tertiary/aromatic N) is 3. The van der Waals surface area contributed by atoms with Gasteiger partial charge in [-0.1, -0.05) is 38.1 Å². The topological polar surface area (TPSA) is 92.7 Å². The average Bonchev–Trinajstić information content (AvgIpc) is 3.06. The lowest BCUT2D eigenvalue weighted by Crippen LogP contribution is -2.36. The second kappa shape index (κ2) is 6.68. The average molecular weight is 361 g/mol. The van der Waals surface area contributed by atoms with Crippen LogP contribution < -0.4 is 10.9 Å². The first-order valence-electron chi connectivity index (χ1n) is 8.76. The van der Waals surface area contributed by atoms with Crippen molar-refractivity contribution in [3.8, 4) is 0 Å². The van der Waals surface area contributed by atoms with Crippen LogP contribution in [0.4, 0.5) is 5.95 Å². The largest absolute Gasteiger partial charge is 0.324 e. The van der Waals surface area contributed by atoms with E-state index in [-0.39, 0.29) is 17.4 Å². The summed E-state index contributed by atoms with van der Waals surface area (Å²) in [6, 6.07) is 13.9. The minimum absolute atomic E-state index is 0.116. The highest BCUT2D eigenvalue weighted by Crippen LogP contribution is 2.20. The molecule has 27 heavy (non-hydrogen) atoms. The third-order valence-electron chi connectivity index (χ3n) is 4.52. The van der Waals surface area contributed by atoms with Crippen molar-refractivity contribution < 1.29 is 4.79 Å². The van der Waals surface area contributed by atoms with Crippen LogP contribution in [0.2, 0.25) is 0 Å². The van der Waals surface area contributed by atoms with Crippen molar-refractivity contribution in [1.82, 2.24) is 19.5 Å². The molecule has 0 unspecified atom stereocenters. The van der Waals surface area contributed by atoms with Crippen molar-refractivity contribution >= 4 is 33.8 Å². The van der Waals surface area contributed by atoms with E-state index in [0.717, 1.165) is 11.0 Å². The summed E-state index contributed by atoms with van der Waals surface area (Å²) in [4.78, 5) is 37.6. The van der Waals surface area contributed by atoms with Gasteiger partial charge in [0.05, 0.1) is 28.3 Å². The summed E-state index contributed by atoms with van der Waals surface area (Å²) in [6.45, 7) is 3.79. The first-order chi connectivity index (χ1) is 13.0. The highest BCUT2D eigenvalue weighted by molar-refractivity contribution is 5.94. The van der Waals surface area contributed by atoms with Gasteiger partial charge in [0, 0.05) is 0 Å². The Hall–Kier alpha value is -3.48. The fourth-order valence-corrected chi connectivity index (χ4v) is 3.23. The van der Waals surface area contributed by atoms with Crippen molar-refractivity contribution in [2.45, 2.75) is 19.9 Å². The van der Waals surface area contributed by atoms with E-state index in [9.17, 15) is 9.59 Å². The number of imidazole rings is 1. The summed E-state index contributed by atoms with van der Waals surface area (Å²) in [5.41, 5.74) is 1.97. The third-order valence-corrected chi connectivity index (χ3v) is 4.52. The van der Waals surface area contributed by atoms with Gasteiger partial charge in [0.15, 0.2) is 0 Å². The minimum Gasteiger partial charge on any atom is -0.324 e. The first-order valence-corrected chi connectivity index (χ1v) is 8.76. The lowest BCUT2D eigenvalue weighted by molar-refractivity contribution is -0.120. The van der Waals surface area contributed by atoms with E-state index in [4.69, 9.17) is 0 Å². The zero-order chi connectivity index (χ0) is 19.0. The predicted octanol–water partition coefficient (Wildman–Crippen LogP) is 3.11. The number of hydrogen-bond donors (Lipinski definition) is 2. The molecule has 7 heteroatoms. The molecule has 0 aliphatic heterocycles. The summed E-state index contributed by atoms with van der Waals surface area (Å²) >= 11 is 0. The monoisotopic (exact) mass is 361 g/mol. The molecule has 136 valence electrons. The smallest absolute Gasteiger partial charge is 0.261 e. The van der Waals surface area contributed by atoms with Gasteiger partial charge in [0.25, 0.3) is 5.56 Å². The van der Waals surface area contributed by atoms with Crippen LogP contribution in [-0.2, 0) is 4.79 Å². The number of amides is 1. The molecule has 2 aromatic heterocycles. The molecule has 2 N–H and O–H groups in total. The van der Waals surface area contributed by atoms with Gasteiger partial charge in [-0.15, -0.1) is 0 Å². The number of anilines is 1.